The number of hydrogen-bond donors (Lipinski definition) is 2. The Morgan fingerprint density at radius 3 is 2.58 bits per heavy atom. The van der Waals surface area contributed by atoms with Crippen molar-refractivity contribution in [2.24, 2.45) is 5.73 Å². The molecule has 0 aromatic heterocycles. The highest BCUT2D eigenvalue weighted by molar-refractivity contribution is 6.31. The Hall–Kier alpha value is -0.570. The molecule has 1 atom stereocenters. The van der Waals surface area contributed by atoms with Gasteiger partial charge < -0.3 is 10.8 Å². The maximum atomic E-state index is 9.77. The summed E-state index contributed by atoms with van der Waals surface area (Å²) in [5, 5.41) is 10.3. The second kappa shape index (κ2) is 3.44. The first kappa shape index (κ1) is 9.52. The first-order chi connectivity index (χ1) is 5.58. The van der Waals surface area contributed by atoms with Gasteiger partial charge in [-0.1, -0.05) is 29.8 Å². The Morgan fingerprint density at radius 2 is 2.08 bits per heavy atom. The summed E-state index contributed by atoms with van der Waals surface area (Å²) in [5.41, 5.74) is 5.04. The number of nitrogens with two attached hydrogens (primary N) is 1. The molecule has 0 amide bonds. The molecule has 0 aliphatic carbocycles. The molecule has 1 rings (SSSR count). The molecule has 3 N–H and O–H groups in total. The van der Waals surface area contributed by atoms with E-state index in [1.54, 1.807) is 19.1 Å². The highest BCUT2D eigenvalue weighted by atomic mass is 35.5. The van der Waals surface area contributed by atoms with Gasteiger partial charge in [-0.3, -0.25) is 0 Å². The monoisotopic (exact) mass is 185 g/mol. The SMILES string of the molecule is CC(O)(CN)c1ccccc1Cl. The molecule has 66 valence electrons. The van der Waals surface area contributed by atoms with Crippen LogP contribution in [0.2, 0.25) is 5.02 Å². The molecule has 0 aliphatic rings. The number of aliphatic hydroxyl groups is 1. The molecular formula is C9H12ClNO. The van der Waals surface area contributed by atoms with E-state index in [0.29, 0.717) is 10.6 Å². The molecule has 1 aromatic rings. The Morgan fingerprint density at radius 1 is 1.50 bits per heavy atom. The standard InChI is InChI=1S/C9H12ClNO/c1-9(12,6-11)7-4-2-3-5-8(7)10/h2-5,12H,6,11H2,1H3. The fourth-order valence-corrected chi connectivity index (χ4v) is 1.35. The van der Waals surface area contributed by atoms with Crippen LogP contribution in [0.15, 0.2) is 24.3 Å². The summed E-state index contributed by atoms with van der Waals surface area (Å²) < 4.78 is 0. The van der Waals surface area contributed by atoms with Crippen LogP contribution in [0, 0.1) is 0 Å². The fraction of sp³-hybridized carbons (Fsp3) is 0.333. The van der Waals surface area contributed by atoms with Crippen LogP contribution in [-0.4, -0.2) is 11.7 Å². The van der Waals surface area contributed by atoms with Crippen molar-refractivity contribution in [2.45, 2.75) is 12.5 Å². The smallest absolute Gasteiger partial charge is 0.100 e. The lowest BCUT2D eigenvalue weighted by Gasteiger charge is -2.22. The summed E-state index contributed by atoms with van der Waals surface area (Å²) in [6.07, 6.45) is 0. The Balaban J connectivity index is 3.10. The molecule has 0 heterocycles. The molecule has 1 unspecified atom stereocenters. The third kappa shape index (κ3) is 1.78. The van der Waals surface area contributed by atoms with Gasteiger partial charge in [0, 0.05) is 17.1 Å². The highest BCUT2D eigenvalue weighted by Gasteiger charge is 2.22. The van der Waals surface area contributed by atoms with Crippen LogP contribution in [-0.2, 0) is 5.60 Å². The molecule has 0 saturated carbocycles. The van der Waals surface area contributed by atoms with Crippen molar-refractivity contribution in [3.8, 4) is 0 Å². The van der Waals surface area contributed by atoms with Crippen LogP contribution in [0.3, 0.4) is 0 Å². The summed E-state index contributed by atoms with van der Waals surface area (Å²) in [4.78, 5) is 0. The van der Waals surface area contributed by atoms with Gasteiger partial charge in [0.25, 0.3) is 0 Å². The third-order valence-electron chi connectivity index (χ3n) is 1.85. The van der Waals surface area contributed by atoms with Crippen LogP contribution < -0.4 is 5.73 Å². The minimum Gasteiger partial charge on any atom is -0.384 e. The number of rotatable bonds is 2. The van der Waals surface area contributed by atoms with Crippen LogP contribution in [0.5, 0.6) is 0 Å². The molecule has 12 heavy (non-hydrogen) atoms. The van der Waals surface area contributed by atoms with E-state index in [2.05, 4.69) is 0 Å². The van der Waals surface area contributed by atoms with Gasteiger partial charge in [0.2, 0.25) is 0 Å². The van der Waals surface area contributed by atoms with Crippen LogP contribution in [0.25, 0.3) is 0 Å². The highest BCUT2D eigenvalue weighted by Crippen LogP contribution is 2.26. The van der Waals surface area contributed by atoms with E-state index < -0.39 is 5.60 Å². The van der Waals surface area contributed by atoms with Crippen LogP contribution in [0.1, 0.15) is 12.5 Å². The van der Waals surface area contributed by atoms with Gasteiger partial charge in [-0.15, -0.1) is 0 Å². The normalized spacial score (nSPS) is 15.7. The second-order valence-electron chi connectivity index (χ2n) is 2.96. The van der Waals surface area contributed by atoms with Gasteiger partial charge in [0.1, 0.15) is 5.60 Å². The van der Waals surface area contributed by atoms with E-state index >= 15 is 0 Å². The Bertz CT molecular complexity index is 273. The van der Waals surface area contributed by atoms with Crippen molar-refractivity contribution in [3.05, 3.63) is 34.9 Å². The van der Waals surface area contributed by atoms with Gasteiger partial charge in [-0.2, -0.15) is 0 Å². The molecular weight excluding hydrogens is 174 g/mol. The summed E-state index contributed by atoms with van der Waals surface area (Å²) >= 11 is 5.87. The van der Waals surface area contributed by atoms with E-state index in [1.807, 2.05) is 12.1 Å². The molecule has 0 spiro atoms. The molecule has 2 nitrogen and oxygen atoms in total. The van der Waals surface area contributed by atoms with Gasteiger partial charge in [0.05, 0.1) is 0 Å². The van der Waals surface area contributed by atoms with Crippen molar-refractivity contribution in [1.29, 1.82) is 0 Å². The Kier molecular flexibility index (Phi) is 2.73. The quantitative estimate of drug-likeness (QED) is 0.734. The lowest BCUT2D eigenvalue weighted by molar-refractivity contribution is 0.0669. The first-order valence-corrected chi connectivity index (χ1v) is 4.13. The van der Waals surface area contributed by atoms with E-state index in [1.165, 1.54) is 0 Å². The minimum absolute atomic E-state index is 0.163. The molecule has 0 aliphatic heterocycles. The van der Waals surface area contributed by atoms with Gasteiger partial charge in [0.15, 0.2) is 0 Å². The van der Waals surface area contributed by atoms with Crippen molar-refractivity contribution >= 4 is 11.6 Å². The van der Waals surface area contributed by atoms with Crippen molar-refractivity contribution in [3.63, 3.8) is 0 Å². The zero-order valence-electron chi connectivity index (χ0n) is 6.92. The number of benzene rings is 1. The minimum atomic E-state index is -1.03. The van der Waals surface area contributed by atoms with Crippen molar-refractivity contribution < 1.29 is 5.11 Å². The van der Waals surface area contributed by atoms with Crippen LogP contribution in [0.4, 0.5) is 0 Å². The van der Waals surface area contributed by atoms with E-state index in [4.69, 9.17) is 17.3 Å². The van der Waals surface area contributed by atoms with Crippen molar-refractivity contribution in [2.75, 3.05) is 6.54 Å². The predicted molar refractivity (Wildman–Crippen MR) is 50.1 cm³/mol. The van der Waals surface area contributed by atoms with E-state index in [-0.39, 0.29) is 6.54 Å². The fourth-order valence-electron chi connectivity index (χ4n) is 1.01. The average molecular weight is 186 g/mol. The number of hydrogen-bond acceptors (Lipinski definition) is 2. The lowest BCUT2D eigenvalue weighted by Crippen LogP contribution is -2.31. The lowest BCUT2D eigenvalue weighted by atomic mass is 9.96. The van der Waals surface area contributed by atoms with Crippen molar-refractivity contribution in [1.82, 2.24) is 0 Å². The maximum absolute atomic E-state index is 9.77. The van der Waals surface area contributed by atoms with E-state index in [9.17, 15) is 5.11 Å². The van der Waals surface area contributed by atoms with Gasteiger partial charge >= 0.3 is 0 Å². The summed E-state index contributed by atoms with van der Waals surface area (Å²) in [6.45, 7) is 1.81. The topological polar surface area (TPSA) is 46.2 Å². The summed E-state index contributed by atoms with van der Waals surface area (Å²) in [5.74, 6) is 0. The summed E-state index contributed by atoms with van der Waals surface area (Å²) in [6, 6.07) is 7.15. The Labute approximate surface area is 77.0 Å². The second-order valence-corrected chi connectivity index (χ2v) is 3.37. The molecule has 3 heteroatoms. The average Bonchev–Trinajstić information content (AvgIpc) is 2.05. The molecule has 0 fully saturated rings. The van der Waals surface area contributed by atoms with Gasteiger partial charge in [-0.05, 0) is 13.0 Å². The van der Waals surface area contributed by atoms with Crippen LogP contribution >= 0.6 is 11.6 Å². The van der Waals surface area contributed by atoms with E-state index in [0.717, 1.165) is 0 Å². The molecule has 0 saturated heterocycles. The van der Waals surface area contributed by atoms with Gasteiger partial charge in [-0.25, -0.2) is 0 Å². The molecule has 0 bridgehead atoms. The zero-order valence-corrected chi connectivity index (χ0v) is 7.67. The predicted octanol–water partition coefficient (Wildman–Crippen LogP) is 1.51. The summed E-state index contributed by atoms with van der Waals surface area (Å²) in [7, 11) is 0. The maximum Gasteiger partial charge on any atom is 0.100 e. The molecule has 1 aromatic carbocycles. The first-order valence-electron chi connectivity index (χ1n) is 3.75. The molecule has 0 radical (unpaired) electrons. The largest absolute Gasteiger partial charge is 0.384 e. The number of halogens is 1. The third-order valence-corrected chi connectivity index (χ3v) is 2.18. The zero-order chi connectivity index (χ0) is 9.19.